The van der Waals surface area contributed by atoms with Crippen LogP contribution >= 0.6 is 0 Å². The molecule has 2 heterocycles. The molecule has 0 aliphatic heterocycles. The largest absolute Gasteiger partial charge is 0.488 e. The van der Waals surface area contributed by atoms with E-state index in [0.29, 0.717) is 17.0 Å². The fraction of sp³-hybridized carbons (Fsp3) is 0.0435. The summed E-state index contributed by atoms with van der Waals surface area (Å²) in [4.78, 5) is 17.0. The minimum absolute atomic E-state index is 0.200. The molecule has 0 atom stereocenters. The highest BCUT2D eigenvalue weighted by Crippen LogP contribution is 2.28. The fourth-order valence-electron chi connectivity index (χ4n) is 2.86. The number of nitrogens with one attached hydrogen (secondary N) is 1. The molecule has 2 aromatic heterocycles. The molecule has 0 radical (unpaired) electrons. The first-order chi connectivity index (χ1) is 14.7. The number of amides is 1. The standard InChI is InChI=1S/C23H17FN4O2/c24-19-4-1-16(2-5-19)15-30-22-6-3-18(17-7-10-25-11-8-17)13-21(22)23(29)28-20-9-12-26-27-14-20/h1-14H,15H2,(H,26,28,29). The number of carbonyl (C=O) groups is 1. The van der Waals surface area contributed by atoms with Crippen molar-refractivity contribution in [1.29, 1.82) is 0 Å². The average molecular weight is 400 g/mol. The Morgan fingerprint density at radius 1 is 0.900 bits per heavy atom. The smallest absolute Gasteiger partial charge is 0.259 e. The van der Waals surface area contributed by atoms with Crippen molar-refractivity contribution in [3.63, 3.8) is 0 Å². The van der Waals surface area contributed by atoms with Gasteiger partial charge in [-0.2, -0.15) is 10.2 Å². The zero-order chi connectivity index (χ0) is 20.8. The van der Waals surface area contributed by atoms with Crippen LogP contribution in [0, 0.1) is 5.82 Å². The van der Waals surface area contributed by atoms with Crippen LogP contribution in [-0.2, 0) is 6.61 Å². The summed E-state index contributed by atoms with van der Waals surface area (Å²) >= 11 is 0. The number of hydrogen-bond donors (Lipinski definition) is 1. The highest BCUT2D eigenvalue weighted by molar-refractivity contribution is 6.06. The lowest BCUT2D eigenvalue weighted by molar-refractivity contribution is 0.102. The molecule has 7 heteroatoms. The summed E-state index contributed by atoms with van der Waals surface area (Å²) in [5.41, 5.74) is 3.45. The zero-order valence-corrected chi connectivity index (χ0v) is 15.8. The minimum atomic E-state index is -0.340. The van der Waals surface area contributed by atoms with Gasteiger partial charge in [0.25, 0.3) is 5.91 Å². The van der Waals surface area contributed by atoms with Crippen LogP contribution in [0.5, 0.6) is 5.75 Å². The number of hydrogen-bond acceptors (Lipinski definition) is 5. The maximum absolute atomic E-state index is 13.1. The molecular formula is C23H17FN4O2. The van der Waals surface area contributed by atoms with Crippen LogP contribution in [-0.4, -0.2) is 21.1 Å². The first kappa shape index (κ1) is 19.2. The molecule has 0 saturated heterocycles. The fourth-order valence-corrected chi connectivity index (χ4v) is 2.86. The number of rotatable bonds is 6. The van der Waals surface area contributed by atoms with Crippen LogP contribution in [0.4, 0.5) is 10.1 Å². The van der Waals surface area contributed by atoms with Crippen LogP contribution in [0.2, 0.25) is 0 Å². The van der Waals surface area contributed by atoms with E-state index in [1.165, 1.54) is 24.5 Å². The van der Waals surface area contributed by atoms with E-state index in [-0.39, 0.29) is 18.3 Å². The van der Waals surface area contributed by atoms with Crippen molar-refractivity contribution in [2.24, 2.45) is 0 Å². The Bertz CT molecular complexity index is 1140. The number of aromatic nitrogens is 3. The van der Waals surface area contributed by atoms with E-state index in [0.717, 1.165) is 16.7 Å². The van der Waals surface area contributed by atoms with Gasteiger partial charge in [0, 0.05) is 12.4 Å². The Morgan fingerprint density at radius 2 is 1.70 bits per heavy atom. The Balaban J connectivity index is 1.63. The molecule has 6 nitrogen and oxygen atoms in total. The van der Waals surface area contributed by atoms with Crippen molar-refractivity contribution in [2.45, 2.75) is 6.61 Å². The topological polar surface area (TPSA) is 77.0 Å². The Morgan fingerprint density at radius 3 is 2.43 bits per heavy atom. The molecule has 1 amide bonds. The summed E-state index contributed by atoms with van der Waals surface area (Å²) in [7, 11) is 0. The summed E-state index contributed by atoms with van der Waals surface area (Å²) in [6.07, 6.45) is 6.34. The number of nitrogens with zero attached hydrogens (tertiary/aromatic N) is 3. The van der Waals surface area contributed by atoms with Crippen LogP contribution < -0.4 is 10.1 Å². The molecule has 0 aliphatic rings. The summed E-state index contributed by atoms with van der Waals surface area (Å²) < 4.78 is 19.0. The molecule has 1 N–H and O–H groups in total. The molecule has 4 aromatic rings. The predicted molar refractivity (Wildman–Crippen MR) is 110 cm³/mol. The van der Waals surface area contributed by atoms with Crippen molar-refractivity contribution < 1.29 is 13.9 Å². The molecule has 0 saturated carbocycles. The van der Waals surface area contributed by atoms with E-state index in [4.69, 9.17) is 4.74 Å². The second kappa shape index (κ2) is 8.91. The SMILES string of the molecule is O=C(Nc1ccnnc1)c1cc(-c2ccncc2)ccc1OCc1ccc(F)cc1. The Labute approximate surface area is 172 Å². The Kier molecular flexibility index (Phi) is 5.70. The van der Waals surface area contributed by atoms with Gasteiger partial charge in [-0.05, 0) is 59.2 Å². The number of halogens is 1. The molecule has 30 heavy (non-hydrogen) atoms. The molecule has 0 unspecified atom stereocenters. The predicted octanol–water partition coefficient (Wildman–Crippen LogP) is 4.51. The van der Waals surface area contributed by atoms with E-state index in [1.807, 2.05) is 18.2 Å². The second-order valence-corrected chi connectivity index (χ2v) is 6.45. The summed E-state index contributed by atoms with van der Waals surface area (Å²) in [6, 6.07) is 16.8. The lowest BCUT2D eigenvalue weighted by atomic mass is 10.0. The molecular weight excluding hydrogens is 383 g/mol. The third-order valence-corrected chi connectivity index (χ3v) is 4.39. The lowest BCUT2D eigenvalue weighted by Crippen LogP contribution is -2.14. The normalized spacial score (nSPS) is 10.4. The van der Waals surface area contributed by atoms with Gasteiger partial charge >= 0.3 is 0 Å². The van der Waals surface area contributed by atoms with E-state index >= 15 is 0 Å². The first-order valence-electron chi connectivity index (χ1n) is 9.19. The van der Waals surface area contributed by atoms with Gasteiger partial charge in [-0.3, -0.25) is 9.78 Å². The molecule has 0 fully saturated rings. The van der Waals surface area contributed by atoms with Gasteiger partial charge in [0.05, 0.1) is 23.6 Å². The van der Waals surface area contributed by atoms with Gasteiger partial charge in [0.2, 0.25) is 0 Å². The number of anilines is 1. The van der Waals surface area contributed by atoms with E-state index in [9.17, 15) is 9.18 Å². The molecule has 0 spiro atoms. The van der Waals surface area contributed by atoms with Crippen LogP contribution in [0.15, 0.2) is 85.5 Å². The molecule has 2 aromatic carbocycles. The van der Waals surface area contributed by atoms with Crippen molar-refractivity contribution in [3.05, 3.63) is 102 Å². The molecule has 0 bridgehead atoms. The molecule has 4 rings (SSSR count). The summed E-state index contributed by atoms with van der Waals surface area (Å²) in [5, 5.41) is 10.3. The van der Waals surface area contributed by atoms with Gasteiger partial charge in [-0.25, -0.2) is 4.39 Å². The van der Waals surface area contributed by atoms with Crippen molar-refractivity contribution in [3.8, 4) is 16.9 Å². The number of benzene rings is 2. The van der Waals surface area contributed by atoms with Crippen molar-refractivity contribution in [2.75, 3.05) is 5.32 Å². The third kappa shape index (κ3) is 4.64. The van der Waals surface area contributed by atoms with Crippen LogP contribution in [0.1, 0.15) is 15.9 Å². The van der Waals surface area contributed by atoms with Crippen LogP contribution in [0.3, 0.4) is 0 Å². The van der Waals surface area contributed by atoms with Gasteiger partial charge < -0.3 is 10.1 Å². The highest BCUT2D eigenvalue weighted by atomic mass is 19.1. The average Bonchev–Trinajstić information content (AvgIpc) is 2.80. The summed E-state index contributed by atoms with van der Waals surface area (Å²) in [5.74, 6) is -0.240. The quantitative estimate of drug-likeness (QED) is 0.515. The number of carbonyl (C=O) groups excluding carboxylic acids is 1. The third-order valence-electron chi connectivity index (χ3n) is 4.39. The van der Waals surface area contributed by atoms with Gasteiger partial charge in [0.15, 0.2) is 0 Å². The lowest BCUT2D eigenvalue weighted by Gasteiger charge is -2.14. The van der Waals surface area contributed by atoms with Gasteiger partial charge in [0.1, 0.15) is 18.2 Å². The van der Waals surface area contributed by atoms with Crippen molar-refractivity contribution >= 4 is 11.6 Å². The zero-order valence-electron chi connectivity index (χ0n) is 15.8. The second-order valence-electron chi connectivity index (χ2n) is 6.45. The first-order valence-corrected chi connectivity index (χ1v) is 9.19. The van der Waals surface area contributed by atoms with Gasteiger partial charge in [-0.1, -0.05) is 18.2 Å². The summed E-state index contributed by atoms with van der Waals surface area (Å²) in [6.45, 7) is 0.200. The van der Waals surface area contributed by atoms with E-state index < -0.39 is 0 Å². The van der Waals surface area contributed by atoms with Crippen LogP contribution in [0.25, 0.3) is 11.1 Å². The molecule has 148 valence electrons. The van der Waals surface area contributed by atoms with E-state index in [2.05, 4.69) is 20.5 Å². The highest BCUT2D eigenvalue weighted by Gasteiger charge is 2.15. The minimum Gasteiger partial charge on any atom is -0.488 e. The number of pyridine rings is 1. The monoisotopic (exact) mass is 400 g/mol. The Hall–Kier alpha value is -4.13. The number of ether oxygens (including phenoxy) is 1. The maximum atomic E-state index is 13.1. The van der Waals surface area contributed by atoms with Crippen molar-refractivity contribution in [1.82, 2.24) is 15.2 Å². The molecule has 0 aliphatic carbocycles. The maximum Gasteiger partial charge on any atom is 0.259 e. The van der Waals surface area contributed by atoms with E-state index in [1.54, 1.807) is 42.7 Å². The van der Waals surface area contributed by atoms with Gasteiger partial charge in [-0.15, -0.1) is 0 Å².